The van der Waals surface area contributed by atoms with Crippen LogP contribution >= 0.6 is 24.0 Å². The average molecular weight is 415 g/mol. The lowest BCUT2D eigenvalue weighted by atomic mass is 9.95. The van der Waals surface area contributed by atoms with Crippen LogP contribution in [0, 0.1) is 5.92 Å². The second kappa shape index (κ2) is 8.46. The first-order valence-corrected chi connectivity index (χ1v) is 9.13. The van der Waals surface area contributed by atoms with E-state index in [2.05, 4.69) is 10.6 Å². The van der Waals surface area contributed by atoms with E-state index in [9.17, 15) is 14.4 Å². The van der Waals surface area contributed by atoms with Crippen LogP contribution < -0.4 is 21.3 Å². The second-order valence-electron chi connectivity index (χ2n) is 7.13. The summed E-state index contributed by atoms with van der Waals surface area (Å²) in [5, 5.41) is 6.14. The number of imide groups is 1. The van der Waals surface area contributed by atoms with E-state index in [1.165, 1.54) is 0 Å². The van der Waals surface area contributed by atoms with E-state index in [-0.39, 0.29) is 37.1 Å². The van der Waals surface area contributed by atoms with Crippen molar-refractivity contribution in [2.75, 3.05) is 11.4 Å². The minimum Gasteiger partial charge on any atom is -0.349 e. The summed E-state index contributed by atoms with van der Waals surface area (Å²) in [6, 6.07) is 5.24. The smallest absolute Gasteiger partial charge is 0.329 e. The van der Waals surface area contributed by atoms with Gasteiger partial charge in [0, 0.05) is 18.0 Å². The highest BCUT2D eigenvalue weighted by atomic mass is 35.5. The van der Waals surface area contributed by atoms with Gasteiger partial charge in [0.15, 0.2) is 0 Å². The van der Waals surface area contributed by atoms with Crippen molar-refractivity contribution in [2.45, 2.75) is 44.2 Å². The monoisotopic (exact) mass is 414 g/mol. The predicted molar refractivity (Wildman–Crippen MR) is 106 cm³/mol. The van der Waals surface area contributed by atoms with Gasteiger partial charge in [0.25, 0.3) is 5.91 Å². The van der Waals surface area contributed by atoms with Gasteiger partial charge in [0.2, 0.25) is 5.91 Å². The summed E-state index contributed by atoms with van der Waals surface area (Å²) < 4.78 is 0. The van der Waals surface area contributed by atoms with Crippen molar-refractivity contribution in [3.8, 4) is 0 Å². The number of urea groups is 1. The number of carbonyl (C=O) groups is 3. The molecule has 1 aromatic rings. The molecule has 2 aliphatic rings. The van der Waals surface area contributed by atoms with E-state index in [1.807, 2.05) is 6.92 Å². The molecule has 0 radical (unpaired) electrons. The fraction of sp³-hybridized carbons (Fsp3) is 0.500. The normalized spacial score (nSPS) is 21.3. The van der Waals surface area contributed by atoms with Gasteiger partial charge >= 0.3 is 6.03 Å². The van der Waals surface area contributed by atoms with E-state index < -0.39 is 17.6 Å². The van der Waals surface area contributed by atoms with Crippen LogP contribution in [0.25, 0.3) is 0 Å². The molecule has 2 fully saturated rings. The number of nitrogens with two attached hydrogens (primary N) is 1. The van der Waals surface area contributed by atoms with Crippen LogP contribution in [0.3, 0.4) is 0 Å². The number of nitrogens with zero attached hydrogens (tertiary/aromatic N) is 1. The van der Waals surface area contributed by atoms with E-state index in [0.717, 1.165) is 17.7 Å². The Balaban J connectivity index is 0.00000261. The average Bonchev–Trinajstić information content (AvgIpc) is 3.42. The molecule has 3 rings (SSSR count). The summed E-state index contributed by atoms with van der Waals surface area (Å²) in [4.78, 5) is 38.0. The Morgan fingerprint density at radius 1 is 1.33 bits per heavy atom. The van der Waals surface area contributed by atoms with Crippen molar-refractivity contribution in [1.82, 2.24) is 10.6 Å². The van der Waals surface area contributed by atoms with Crippen molar-refractivity contribution in [3.05, 3.63) is 29.3 Å². The van der Waals surface area contributed by atoms with Crippen molar-refractivity contribution < 1.29 is 14.4 Å². The van der Waals surface area contributed by atoms with Gasteiger partial charge in [-0.2, -0.15) is 0 Å². The minimum absolute atomic E-state index is 0. The van der Waals surface area contributed by atoms with Crippen LogP contribution in [-0.2, 0) is 9.59 Å². The quantitative estimate of drug-likeness (QED) is 0.594. The molecule has 2 atom stereocenters. The van der Waals surface area contributed by atoms with Crippen molar-refractivity contribution >= 4 is 47.5 Å². The molecule has 4 N–H and O–H groups in total. The molecule has 9 heteroatoms. The van der Waals surface area contributed by atoms with Gasteiger partial charge < -0.3 is 16.4 Å². The van der Waals surface area contributed by atoms with Crippen molar-refractivity contribution in [2.24, 2.45) is 11.7 Å². The van der Waals surface area contributed by atoms with Gasteiger partial charge in [-0.3, -0.25) is 9.59 Å². The van der Waals surface area contributed by atoms with Crippen LogP contribution in [-0.4, -0.2) is 36.0 Å². The van der Waals surface area contributed by atoms with Crippen LogP contribution in [0.4, 0.5) is 10.5 Å². The SMILES string of the molecule is CC(CN)(NC(=O)CCC1NC(=O)N(c2ccc(Cl)cc2)C1=O)C1CC1.Cl. The lowest BCUT2D eigenvalue weighted by Gasteiger charge is -2.29. The molecular formula is C18H24Cl2N4O3. The third-order valence-corrected chi connectivity index (χ3v) is 5.34. The zero-order valence-corrected chi connectivity index (χ0v) is 16.6. The van der Waals surface area contributed by atoms with Gasteiger partial charge in [0.1, 0.15) is 6.04 Å². The van der Waals surface area contributed by atoms with Crippen LogP contribution in [0.1, 0.15) is 32.6 Å². The molecule has 2 unspecified atom stereocenters. The third kappa shape index (κ3) is 4.72. The van der Waals surface area contributed by atoms with Gasteiger partial charge in [0.05, 0.1) is 11.2 Å². The Labute approximate surface area is 169 Å². The summed E-state index contributed by atoms with van der Waals surface area (Å²) in [5.41, 5.74) is 5.86. The van der Waals surface area contributed by atoms with Gasteiger partial charge in [-0.1, -0.05) is 11.6 Å². The Hall–Kier alpha value is -1.83. The Kier molecular flexibility index (Phi) is 6.72. The van der Waals surface area contributed by atoms with E-state index >= 15 is 0 Å². The van der Waals surface area contributed by atoms with Crippen LogP contribution in [0.5, 0.6) is 0 Å². The number of nitrogens with one attached hydrogen (secondary N) is 2. The first kappa shape index (κ1) is 21.5. The number of halogens is 2. The van der Waals surface area contributed by atoms with Crippen LogP contribution in [0.2, 0.25) is 5.02 Å². The summed E-state index contributed by atoms with van der Waals surface area (Å²) in [6.45, 7) is 2.33. The molecule has 27 heavy (non-hydrogen) atoms. The molecule has 148 valence electrons. The van der Waals surface area contributed by atoms with Crippen molar-refractivity contribution in [1.29, 1.82) is 0 Å². The largest absolute Gasteiger partial charge is 0.349 e. The molecule has 1 aromatic carbocycles. The third-order valence-electron chi connectivity index (χ3n) is 5.09. The molecule has 1 aliphatic heterocycles. The number of hydrogen-bond acceptors (Lipinski definition) is 4. The maximum atomic E-state index is 12.5. The zero-order valence-electron chi connectivity index (χ0n) is 15.0. The van der Waals surface area contributed by atoms with Gasteiger partial charge in [-0.05, 0) is 56.4 Å². The minimum atomic E-state index is -0.714. The first-order valence-electron chi connectivity index (χ1n) is 8.75. The van der Waals surface area contributed by atoms with E-state index in [4.69, 9.17) is 17.3 Å². The number of hydrogen-bond donors (Lipinski definition) is 3. The Bertz CT molecular complexity index is 724. The first-order chi connectivity index (χ1) is 12.3. The number of benzene rings is 1. The fourth-order valence-electron chi connectivity index (χ4n) is 3.26. The van der Waals surface area contributed by atoms with E-state index in [1.54, 1.807) is 24.3 Å². The molecule has 1 aliphatic carbocycles. The summed E-state index contributed by atoms with van der Waals surface area (Å²) in [5.74, 6) is -0.101. The highest BCUT2D eigenvalue weighted by molar-refractivity contribution is 6.30. The zero-order chi connectivity index (χ0) is 18.9. The lowest BCUT2D eigenvalue weighted by molar-refractivity contribution is -0.123. The molecule has 1 saturated heterocycles. The van der Waals surface area contributed by atoms with Gasteiger partial charge in [-0.15, -0.1) is 12.4 Å². The molecule has 0 bridgehead atoms. The molecule has 4 amide bonds. The fourth-order valence-corrected chi connectivity index (χ4v) is 3.38. The molecule has 1 heterocycles. The highest BCUT2D eigenvalue weighted by Crippen LogP contribution is 2.39. The topological polar surface area (TPSA) is 105 Å². The standard InChI is InChI=1S/C18H23ClN4O3.ClH/c1-18(10-20,11-2-3-11)22-15(24)9-8-14-16(25)23(17(26)21-14)13-6-4-12(19)5-7-13;/h4-7,11,14H,2-3,8-10,20H2,1H3,(H,21,26)(H,22,24);1H. The predicted octanol–water partition coefficient (Wildman–Crippen LogP) is 2.21. The van der Waals surface area contributed by atoms with Crippen molar-refractivity contribution in [3.63, 3.8) is 0 Å². The summed E-state index contributed by atoms with van der Waals surface area (Å²) >= 11 is 5.84. The summed E-state index contributed by atoms with van der Waals surface area (Å²) in [6.07, 6.45) is 2.53. The molecule has 1 saturated carbocycles. The maximum Gasteiger partial charge on any atom is 0.329 e. The number of amides is 4. The Morgan fingerprint density at radius 2 is 1.96 bits per heavy atom. The molecule has 0 spiro atoms. The summed E-state index contributed by atoms with van der Waals surface area (Å²) in [7, 11) is 0. The van der Waals surface area contributed by atoms with E-state index in [0.29, 0.717) is 23.2 Å². The second-order valence-corrected chi connectivity index (χ2v) is 7.57. The van der Waals surface area contributed by atoms with Gasteiger partial charge in [-0.25, -0.2) is 9.69 Å². The number of carbonyl (C=O) groups excluding carboxylic acids is 3. The molecule has 0 aromatic heterocycles. The Morgan fingerprint density at radius 3 is 2.52 bits per heavy atom. The number of rotatable bonds is 7. The van der Waals surface area contributed by atoms with Crippen LogP contribution in [0.15, 0.2) is 24.3 Å². The molecular weight excluding hydrogens is 391 g/mol. The lowest BCUT2D eigenvalue weighted by Crippen LogP contribution is -2.53. The highest BCUT2D eigenvalue weighted by Gasteiger charge is 2.42. The maximum absolute atomic E-state index is 12.5. The number of anilines is 1. The molecule has 7 nitrogen and oxygen atoms in total.